The number of hydrogen-bond donors (Lipinski definition) is 1. The third-order valence-corrected chi connectivity index (χ3v) is 4.72. The number of amides is 1. The fourth-order valence-corrected chi connectivity index (χ4v) is 3.53. The standard InChI is InChI=1S/C16H20N2OS/c1-2-8-17-14-4-3-9-18(16(14)19)13-5-6-15-12(11-13)7-10-20-15/h5-7,10-11,14,17H,2-4,8-9H2,1H3. The Balaban J connectivity index is 1.82. The number of piperidine rings is 1. The highest BCUT2D eigenvalue weighted by Gasteiger charge is 2.29. The lowest BCUT2D eigenvalue weighted by Crippen LogP contribution is -2.51. The maximum absolute atomic E-state index is 12.6. The lowest BCUT2D eigenvalue weighted by atomic mass is 10.0. The molecule has 1 saturated heterocycles. The first kappa shape index (κ1) is 13.6. The van der Waals surface area contributed by atoms with E-state index >= 15 is 0 Å². The predicted octanol–water partition coefficient (Wildman–Crippen LogP) is 3.40. The highest BCUT2D eigenvalue weighted by molar-refractivity contribution is 7.17. The number of carbonyl (C=O) groups is 1. The number of thiophene rings is 1. The van der Waals surface area contributed by atoms with Crippen LogP contribution in [-0.4, -0.2) is 25.0 Å². The van der Waals surface area contributed by atoms with E-state index in [-0.39, 0.29) is 11.9 Å². The van der Waals surface area contributed by atoms with E-state index < -0.39 is 0 Å². The van der Waals surface area contributed by atoms with Crippen molar-refractivity contribution in [2.24, 2.45) is 0 Å². The second-order valence-electron chi connectivity index (χ2n) is 5.28. The van der Waals surface area contributed by atoms with Crippen LogP contribution in [0.25, 0.3) is 10.1 Å². The minimum Gasteiger partial charge on any atom is -0.311 e. The average Bonchev–Trinajstić information content (AvgIpc) is 2.93. The molecule has 20 heavy (non-hydrogen) atoms. The van der Waals surface area contributed by atoms with Gasteiger partial charge in [-0.3, -0.25) is 4.79 Å². The lowest BCUT2D eigenvalue weighted by Gasteiger charge is -2.32. The van der Waals surface area contributed by atoms with Gasteiger partial charge in [-0.2, -0.15) is 0 Å². The summed E-state index contributed by atoms with van der Waals surface area (Å²) >= 11 is 1.74. The van der Waals surface area contributed by atoms with E-state index in [4.69, 9.17) is 0 Å². The van der Waals surface area contributed by atoms with Gasteiger partial charge in [0.05, 0.1) is 6.04 Å². The molecule has 0 spiro atoms. The van der Waals surface area contributed by atoms with Gasteiger partial charge in [-0.05, 0) is 60.8 Å². The van der Waals surface area contributed by atoms with Crippen molar-refractivity contribution in [3.8, 4) is 0 Å². The number of hydrogen-bond acceptors (Lipinski definition) is 3. The molecule has 4 heteroatoms. The van der Waals surface area contributed by atoms with E-state index in [1.54, 1.807) is 11.3 Å². The van der Waals surface area contributed by atoms with Crippen LogP contribution in [-0.2, 0) is 4.79 Å². The zero-order valence-corrected chi connectivity index (χ0v) is 12.6. The first-order valence-electron chi connectivity index (χ1n) is 7.31. The van der Waals surface area contributed by atoms with Crippen molar-refractivity contribution in [2.75, 3.05) is 18.0 Å². The molecule has 0 aliphatic carbocycles. The average molecular weight is 288 g/mol. The van der Waals surface area contributed by atoms with E-state index in [1.807, 2.05) is 4.90 Å². The normalized spacial score (nSPS) is 19.8. The van der Waals surface area contributed by atoms with E-state index in [0.717, 1.165) is 38.0 Å². The Hall–Kier alpha value is -1.39. The van der Waals surface area contributed by atoms with Gasteiger partial charge in [-0.15, -0.1) is 11.3 Å². The molecule has 2 heterocycles. The first-order chi connectivity index (χ1) is 9.79. The molecule has 106 valence electrons. The summed E-state index contributed by atoms with van der Waals surface area (Å²) in [6.45, 7) is 3.87. The van der Waals surface area contributed by atoms with Crippen LogP contribution < -0.4 is 10.2 Å². The molecule has 2 aromatic rings. The molecular weight excluding hydrogens is 268 g/mol. The Kier molecular flexibility index (Phi) is 4.03. The Morgan fingerprint density at radius 2 is 2.30 bits per heavy atom. The molecule has 1 atom stereocenters. The van der Waals surface area contributed by atoms with Crippen LogP contribution in [0.4, 0.5) is 5.69 Å². The minimum atomic E-state index is -0.0122. The number of nitrogens with zero attached hydrogens (tertiary/aromatic N) is 1. The second kappa shape index (κ2) is 5.94. The SMILES string of the molecule is CCCNC1CCCN(c2ccc3sccc3c2)C1=O. The van der Waals surface area contributed by atoms with Crippen LogP contribution in [0.1, 0.15) is 26.2 Å². The van der Waals surface area contributed by atoms with Crippen molar-refractivity contribution < 1.29 is 4.79 Å². The summed E-state index contributed by atoms with van der Waals surface area (Å²) in [6, 6.07) is 8.42. The smallest absolute Gasteiger partial charge is 0.244 e. The van der Waals surface area contributed by atoms with Crippen LogP contribution in [0.2, 0.25) is 0 Å². The Morgan fingerprint density at radius 3 is 3.15 bits per heavy atom. The zero-order valence-electron chi connectivity index (χ0n) is 11.8. The van der Waals surface area contributed by atoms with E-state index in [0.29, 0.717) is 0 Å². The number of rotatable bonds is 4. The highest BCUT2D eigenvalue weighted by Crippen LogP contribution is 2.28. The highest BCUT2D eigenvalue weighted by atomic mass is 32.1. The molecule has 1 unspecified atom stereocenters. The van der Waals surface area contributed by atoms with Crippen LogP contribution in [0.5, 0.6) is 0 Å². The molecular formula is C16H20N2OS. The van der Waals surface area contributed by atoms with Crippen LogP contribution >= 0.6 is 11.3 Å². The summed E-state index contributed by atoms with van der Waals surface area (Å²) in [4.78, 5) is 14.5. The van der Waals surface area contributed by atoms with Crippen molar-refractivity contribution in [3.63, 3.8) is 0 Å². The van der Waals surface area contributed by atoms with Gasteiger partial charge in [0.25, 0.3) is 0 Å². The van der Waals surface area contributed by atoms with Crippen molar-refractivity contribution in [3.05, 3.63) is 29.6 Å². The minimum absolute atomic E-state index is 0.0122. The van der Waals surface area contributed by atoms with Gasteiger partial charge < -0.3 is 10.2 Å². The van der Waals surface area contributed by atoms with E-state index in [1.165, 1.54) is 10.1 Å². The fraction of sp³-hybridized carbons (Fsp3) is 0.438. The van der Waals surface area contributed by atoms with Crippen LogP contribution in [0, 0.1) is 0 Å². The maximum Gasteiger partial charge on any atom is 0.244 e. The molecule has 1 amide bonds. The van der Waals surface area contributed by atoms with Gasteiger partial charge in [-0.1, -0.05) is 6.92 Å². The summed E-state index contributed by atoms with van der Waals surface area (Å²) in [5.74, 6) is 0.222. The first-order valence-corrected chi connectivity index (χ1v) is 8.19. The monoisotopic (exact) mass is 288 g/mol. The Morgan fingerprint density at radius 1 is 1.40 bits per heavy atom. The lowest BCUT2D eigenvalue weighted by molar-refractivity contribution is -0.121. The zero-order chi connectivity index (χ0) is 13.9. The second-order valence-corrected chi connectivity index (χ2v) is 6.23. The van der Waals surface area contributed by atoms with Crippen LogP contribution in [0.15, 0.2) is 29.6 Å². The van der Waals surface area contributed by atoms with Crippen LogP contribution in [0.3, 0.4) is 0 Å². The number of nitrogens with one attached hydrogen (secondary N) is 1. The Bertz CT molecular complexity index is 607. The molecule has 3 nitrogen and oxygen atoms in total. The van der Waals surface area contributed by atoms with Crippen molar-refractivity contribution in [2.45, 2.75) is 32.2 Å². The van der Waals surface area contributed by atoms with Crippen molar-refractivity contribution in [1.29, 1.82) is 0 Å². The van der Waals surface area contributed by atoms with Gasteiger partial charge in [0, 0.05) is 16.9 Å². The third kappa shape index (κ3) is 2.58. The van der Waals surface area contributed by atoms with Gasteiger partial charge in [0.15, 0.2) is 0 Å². The molecule has 0 saturated carbocycles. The quantitative estimate of drug-likeness (QED) is 0.935. The predicted molar refractivity (Wildman–Crippen MR) is 85.5 cm³/mol. The molecule has 0 bridgehead atoms. The van der Waals surface area contributed by atoms with Gasteiger partial charge in [0.1, 0.15) is 0 Å². The summed E-state index contributed by atoms with van der Waals surface area (Å²) < 4.78 is 1.28. The molecule has 1 N–H and O–H groups in total. The molecule has 1 aromatic carbocycles. The topological polar surface area (TPSA) is 32.3 Å². The molecule has 0 radical (unpaired) electrons. The fourth-order valence-electron chi connectivity index (χ4n) is 2.76. The number of anilines is 1. The molecule has 1 fully saturated rings. The van der Waals surface area contributed by atoms with Gasteiger partial charge in [0.2, 0.25) is 5.91 Å². The molecule has 1 aliphatic heterocycles. The van der Waals surface area contributed by atoms with E-state index in [2.05, 4.69) is 41.9 Å². The van der Waals surface area contributed by atoms with Gasteiger partial charge in [-0.25, -0.2) is 0 Å². The Labute approximate surface area is 123 Å². The molecule has 1 aliphatic rings. The molecule has 1 aromatic heterocycles. The largest absolute Gasteiger partial charge is 0.311 e. The summed E-state index contributed by atoms with van der Waals surface area (Å²) in [6.07, 6.45) is 3.08. The maximum atomic E-state index is 12.6. The van der Waals surface area contributed by atoms with Crippen molar-refractivity contribution >= 4 is 33.0 Å². The van der Waals surface area contributed by atoms with Gasteiger partial charge >= 0.3 is 0 Å². The van der Waals surface area contributed by atoms with Crippen molar-refractivity contribution in [1.82, 2.24) is 5.32 Å². The molecule has 3 rings (SSSR count). The number of benzene rings is 1. The number of fused-ring (bicyclic) bond motifs is 1. The summed E-state index contributed by atoms with van der Waals surface area (Å²) in [7, 11) is 0. The summed E-state index contributed by atoms with van der Waals surface area (Å²) in [5, 5.41) is 6.68. The third-order valence-electron chi connectivity index (χ3n) is 3.83. The number of carbonyl (C=O) groups excluding carboxylic acids is 1. The van der Waals surface area contributed by atoms with E-state index in [9.17, 15) is 4.79 Å². The summed E-state index contributed by atoms with van der Waals surface area (Å²) in [5.41, 5.74) is 1.03.